The Balaban J connectivity index is 2.45. The van der Waals surface area contributed by atoms with Gasteiger partial charge in [-0.2, -0.15) is 13.2 Å². The molecule has 0 saturated carbocycles. The first-order chi connectivity index (χ1) is 8.21. The molecule has 4 nitrogen and oxygen atoms in total. The Bertz CT molecular complexity index is 286. The predicted octanol–water partition coefficient (Wildman–Crippen LogP) is 1.33. The molecule has 1 heterocycles. The molecular formula is C11H18F3NO3. The highest BCUT2D eigenvalue weighted by Gasteiger charge is 2.45. The van der Waals surface area contributed by atoms with Gasteiger partial charge in [0.15, 0.2) is 0 Å². The molecular weight excluding hydrogens is 251 g/mol. The summed E-state index contributed by atoms with van der Waals surface area (Å²) in [5, 5.41) is 8.87. The number of carbonyl (C=O) groups is 1. The molecule has 106 valence electrons. The fraction of sp³-hybridized carbons (Fsp3) is 0.909. The zero-order valence-corrected chi connectivity index (χ0v) is 10.4. The van der Waals surface area contributed by atoms with Crippen LogP contribution in [-0.4, -0.2) is 53.5 Å². The number of aliphatic hydroxyl groups excluding tert-OH is 1. The van der Waals surface area contributed by atoms with Crippen LogP contribution in [0.5, 0.6) is 0 Å². The SMILES string of the molecule is CC(C)OC1CCN(C(=O)[C@H](O)C(F)(F)F)CC1. The summed E-state index contributed by atoms with van der Waals surface area (Å²) >= 11 is 0. The van der Waals surface area contributed by atoms with Crippen LogP contribution in [0.15, 0.2) is 0 Å². The van der Waals surface area contributed by atoms with E-state index < -0.39 is 18.2 Å². The van der Waals surface area contributed by atoms with Crippen molar-refractivity contribution in [2.24, 2.45) is 0 Å². The van der Waals surface area contributed by atoms with Crippen LogP contribution in [0, 0.1) is 0 Å². The molecule has 0 bridgehead atoms. The molecule has 0 aliphatic carbocycles. The number of halogens is 3. The van der Waals surface area contributed by atoms with E-state index in [0.29, 0.717) is 12.8 Å². The van der Waals surface area contributed by atoms with Crippen LogP contribution in [0.25, 0.3) is 0 Å². The van der Waals surface area contributed by atoms with E-state index in [1.54, 1.807) is 0 Å². The maximum atomic E-state index is 12.2. The number of likely N-dealkylation sites (tertiary alicyclic amines) is 1. The summed E-state index contributed by atoms with van der Waals surface area (Å²) in [6.07, 6.45) is -6.80. The van der Waals surface area contributed by atoms with E-state index in [1.165, 1.54) is 0 Å². The maximum Gasteiger partial charge on any atom is 0.423 e. The average molecular weight is 269 g/mol. The molecule has 0 aromatic carbocycles. The van der Waals surface area contributed by atoms with Crippen LogP contribution >= 0.6 is 0 Å². The molecule has 1 rings (SSSR count). The minimum absolute atomic E-state index is 0.0305. The summed E-state index contributed by atoms with van der Waals surface area (Å²) in [6.45, 7) is 4.13. The van der Waals surface area contributed by atoms with E-state index in [4.69, 9.17) is 9.84 Å². The Morgan fingerprint density at radius 2 is 1.83 bits per heavy atom. The molecule has 18 heavy (non-hydrogen) atoms. The number of piperidine rings is 1. The van der Waals surface area contributed by atoms with E-state index in [1.807, 2.05) is 13.8 Å². The monoisotopic (exact) mass is 269 g/mol. The van der Waals surface area contributed by atoms with Crippen molar-refractivity contribution in [1.29, 1.82) is 0 Å². The lowest BCUT2D eigenvalue weighted by Gasteiger charge is -2.34. The van der Waals surface area contributed by atoms with E-state index in [9.17, 15) is 18.0 Å². The number of hydrogen-bond acceptors (Lipinski definition) is 3. The van der Waals surface area contributed by atoms with Gasteiger partial charge >= 0.3 is 6.18 Å². The van der Waals surface area contributed by atoms with Crippen LogP contribution in [0.2, 0.25) is 0 Å². The van der Waals surface area contributed by atoms with Gasteiger partial charge in [-0.1, -0.05) is 0 Å². The second-order valence-electron chi connectivity index (χ2n) is 4.65. The topological polar surface area (TPSA) is 49.8 Å². The third-order valence-corrected chi connectivity index (χ3v) is 2.76. The molecule has 0 aromatic heterocycles. The van der Waals surface area contributed by atoms with Gasteiger partial charge < -0.3 is 14.7 Å². The van der Waals surface area contributed by atoms with Gasteiger partial charge in [0, 0.05) is 13.1 Å². The quantitative estimate of drug-likeness (QED) is 0.840. The van der Waals surface area contributed by atoms with Crippen molar-refractivity contribution in [3.05, 3.63) is 0 Å². The van der Waals surface area contributed by atoms with Crippen LogP contribution < -0.4 is 0 Å². The summed E-state index contributed by atoms with van der Waals surface area (Å²) < 4.78 is 42.1. The minimum atomic E-state index is -4.90. The van der Waals surface area contributed by atoms with Gasteiger partial charge in [0.05, 0.1) is 12.2 Å². The third-order valence-electron chi connectivity index (χ3n) is 2.76. The number of ether oxygens (including phenoxy) is 1. The molecule has 1 aliphatic rings. The van der Waals surface area contributed by atoms with Gasteiger partial charge in [-0.15, -0.1) is 0 Å². The van der Waals surface area contributed by atoms with Gasteiger partial charge in [0.2, 0.25) is 6.10 Å². The zero-order chi connectivity index (χ0) is 13.9. The number of alkyl halides is 3. The summed E-state index contributed by atoms with van der Waals surface area (Å²) in [6, 6.07) is 0. The van der Waals surface area contributed by atoms with Crippen LogP contribution in [0.1, 0.15) is 26.7 Å². The van der Waals surface area contributed by atoms with Crippen molar-refractivity contribution >= 4 is 5.91 Å². The fourth-order valence-corrected chi connectivity index (χ4v) is 1.91. The molecule has 1 saturated heterocycles. The van der Waals surface area contributed by atoms with Gasteiger partial charge in [-0.3, -0.25) is 4.79 Å². The highest BCUT2D eigenvalue weighted by molar-refractivity contribution is 5.81. The number of hydrogen-bond donors (Lipinski definition) is 1. The molecule has 1 amide bonds. The first-order valence-corrected chi connectivity index (χ1v) is 5.91. The van der Waals surface area contributed by atoms with Crippen LogP contribution in [0.4, 0.5) is 13.2 Å². The highest BCUT2D eigenvalue weighted by Crippen LogP contribution is 2.23. The van der Waals surface area contributed by atoms with Gasteiger partial charge in [-0.05, 0) is 26.7 Å². The normalized spacial score (nSPS) is 20.3. The minimum Gasteiger partial charge on any atom is -0.376 e. The molecule has 1 atom stereocenters. The molecule has 7 heteroatoms. The molecule has 1 N–H and O–H groups in total. The van der Waals surface area contributed by atoms with E-state index >= 15 is 0 Å². The Hall–Kier alpha value is -0.820. The Morgan fingerprint density at radius 1 is 1.33 bits per heavy atom. The van der Waals surface area contributed by atoms with Crippen molar-refractivity contribution in [2.45, 2.75) is 51.2 Å². The van der Waals surface area contributed by atoms with Crippen LogP contribution in [-0.2, 0) is 9.53 Å². The molecule has 1 aliphatic heterocycles. The van der Waals surface area contributed by atoms with E-state index in [0.717, 1.165) is 4.90 Å². The van der Waals surface area contributed by atoms with Crippen molar-refractivity contribution < 1.29 is 27.8 Å². The van der Waals surface area contributed by atoms with Crippen molar-refractivity contribution in [3.8, 4) is 0 Å². The lowest BCUT2D eigenvalue weighted by atomic mass is 10.1. The summed E-state index contributed by atoms with van der Waals surface area (Å²) in [5.41, 5.74) is 0. The first kappa shape index (κ1) is 15.2. The zero-order valence-electron chi connectivity index (χ0n) is 10.4. The van der Waals surface area contributed by atoms with Gasteiger partial charge in [0.25, 0.3) is 5.91 Å². The summed E-state index contributed by atoms with van der Waals surface area (Å²) in [7, 11) is 0. The lowest BCUT2D eigenvalue weighted by Crippen LogP contribution is -2.50. The van der Waals surface area contributed by atoms with Gasteiger partial charge in [-0.25, -0.2) is 0 Å². The van der Waals surface area contributed by atoms with Gasteiger partial charge in [0.1, 0.15) is 0 Å². The first-order valence-electron chi connectivity index (χ1n) is 5.91. The van der Waals surface area contributed by atoms with Crippen molar-refractivity contribution in [3.63, 3.8) is 0 Å². The molecule has 0 spiro atoms. The molecule has 0 aromatic rings. The number of aliphatic hydroxyl groups is 1. The molecule has 0 radical (unpaired) electrons. The van der Waals surface area contributed by atoms with Crippen molar-refractivity contribution in [1.82, 2.24) is 4.90 Å². The Morgan fingerprint density at radius 3 is 2.22 bits per heavy atom. The third kappa shape index (κ3) is 4.13. The molecule has 0 unspecified atom stereocenters. The van der Waals surface area contributed by atoms with Crippen LogP contribution in [0.3, 0.4) is 0 Å². The smallest absolute Gasteiger partial charge is 0.376 e. The predicted molar refractivity (Wildman–Crippen MR) is 57.9 cm³/mol. The molecule has 1 fully saturated rings. The average Bonchev–Trinajstić information content (AvgIpc) is 2.26. The van der Waals surface area contributed by atoms with E-state index in [-0.39, 0.29) is 25.3 Å². The Kier molecular flexibility index (Phi) is 4.98. The Labute approximate surface area is 104 Å². The largest absolute Gasteiger partial charge is 0.423 e. The second-order valence-corrected chi connectivity index (χ2v) is 4.65. The lowest BCUT2D eigenvalue weighted by molar-refractivity contribution is -0.211. The number of amides is 1. The fourth-order valence-electron chi connectivity index (χ4n) is 1.91. The number of carbonyl (C=O) groups excluding carboxylic acids is 1. The summed E-state index contributed by atoms with van der Waals surface area (Å²) in [4.78, 5) is 12.4. The van der Waals surface area contributed by atoms with E-state index in [2.05, 4.69) is 0 Å². The summed E-state index contributed by atoms with van der Waals surface area (Å²) in [5.74, 6) is -1.27. The maximum absolute atomic E-state index is 12.2. The second kappa shape index (κ2) is 5.88. The highest BCUT2D eigenvalue weighted by atomic mass is 19.4. The number of rotatable bonds is 3. The standard InChI is InChI=1S/C11H18F3NO3/c1-7(2)18-8-3-5-15(6-4-8)10(17)9(16)11(12,13)14/h7-9,16H,3-6H2,1-2H3/t9-/m0/s1. The van der Waals surface area contributed by atoms with Crippen molar-refractivity contribution in [2.75, 3.05) is 13.1 Å². The number of nitrogens with zero attached hydrogens (tertiary/aromatic N) is 1.